The number of rotatable bonds is 1. The van der Waals surface area contributed by atoms with Crippen LogP contribution < -0.4 is 0 Å². The van der Waals surface area contributed by atoms with Gasteiger partial charge < -0.3 is 9.69 Å². The zero-order valence-corrected chi connectivity index (χ0v) is 7.03. The van der Waals surface area contributed by atoms with Gasteiger partial charge in [-0.05, 0) is 19.3 Å². The molecule has 0 unspecified atom stereocenters. The van der Waals surface area contributed by atoms with Gasteiger partial charge in [0.15, 0.2) is 0 Å². The lowest BCUT2D eigenvalue weighted by Gasteiger charge is -2.33. The van der Waals surface area contributed by atoms with Gasteiger partial charge in [0.1, 0.15) is 6.29 Å². The molecule has 2 rings (SSSR count). The van der Waals surface area contributed by atoms with Gasteiger partial charge in [-0.15, -0.1) is 0 Å². The lowest BCUT2D eigenvalue weighted by molar-refractivity contribution is -0.131. The molecular formula is C9H13NO2. The highest BCUT2D eigenvalue weighted by molar-refractivity contribution is 5.79. The second kappa shape index (κ2) is 2.88. The topological polar surface area (TPSA) is 37.4 Å². The van der Waals surface area contributed by atoms with E-state index in [0.717, 1.165) is 32.1 Å². The minimum absolute atomic E-state index is 0.116. The van der Waals surface area contributed by atoms with Crippen molar-refractivity contribution < 1.29 is 9.59 Å². The number of piperidine rings is 1. The van der Waals surface area contributed by atoms with E-state index in [9.17, 15) is 9.59 Å². The van der Waals surface area contributed by atoms with E-state index in [1.54, 1.807) is 0 Å². The highest BCUT2D eigenvalue weighted by Crippen LogP contribution is 2.30. The van der Waals surface area contributed by atoms with E-state index < -0.39 is 0 Å². The number of hydrogen-bond acceptors (Lipinski definition) is 2. The van der Waals surface area contributed by atoms with Crippen LogP contribution in [0.3, 0.4) is 0 Å². The highest BCUT2D eigenvalue weighted by atomic mass is 16.2. The van der Waals surface area contributed by atoms with Gasteiger partial charge in [0.25, 0.3) is 0 Å². The van der Waals surface area contributed by atoms with Crippen LogP contribution in [-0.4, -0.2) is 29.7 Å². The minimum atomic E-state index is 0.116. The number of hydrogen-bond donors (Lipinski definition) is 0. The Bertz CT molecular complexity index is 215. The van der Waals surface area contributed by atoms with Crippen molar-refractivity contribution in [2.45, 2.75) is 31.7 Å². The first-order valence-electron chi connectivity index (χ1n) is 4.57. The van der Waals surface area contributed by atoms with Crippen molar-refractivity contribution in [1.29, 1.82) is 0 Å². The maximum absolute atomic E-state index is 11.3. The molecule has 2 saturated heterocycles. The third kappa shape index (κ3) is 1.04. The van der Waals surface area contributed by atoms with E-state index in [0.29, 0.717) is 6.42 Å². The largest absolute Gasteiger partial charge is 0.339 e. The highest BCUT2D eigenvalue weighted by Gasteiger charge is 2.38. The Morgan fingerprint density at radius 3 is 3.00 bits per heavy atom. The van der Waals surface area contributed by atoms with Gasteiger partial charge in [-0.3, -0.25) is 4.79 Å². The second-order valence-electron chi connectivity index (χ2n) is 3.64. The average molecular weight is 167 g/mol. The third-order valence-electron chi connectivity index (χ3n) is 2.98. The fraction of sp³-hybridized carbons (Fsp3) is 0.778. The molecule has 2 atom stereocenters. The number of aldehydes is 1. The van der Waals surface area contributed by atoms with Crippen LogP contribution in [0.25, 0.3) is 0 Å². The third-order valence-corrected chi connectivity index (χ3v) is 2.98. The molecule has 3 nitrogen and oxygen atoms in total. The predicted octanol–water partition coefficient (Wildman–Crippen LogP) is 0.586. The van der Waals surface area contributed by atoms with E-state index in [1.807, 2.05) is 4.90 Å². The van der Waals surface area contributed by atoms with Crippen molar-refractivity contribution in [2.75, 3.05) is 6.54 Å². The van der Waals surface area contributed by atoms with Crippen molar-refractivity contribution >= 4 is 12.2 Å². The Balaban J connectivity index is 2.14. The smallest absolute Gasteiger partial charge is 0.222 e. The van der Waals surface area contributed by atoms with Gasteiger partial charge in [0.2, 0.25) is 5.91 Å². The first-order chi connectivity index (χ1) is 5.83. The maximum atomic E-state index is 11.3. The van der Waals surface area contributed by atoms with Crippen molar-refractivity contribution in [1.82, 2.24) is 4.90 Å². The van der Waals surface area contributed by atoms with Crippen LogP contribution in [-0.2, 0) is 9.59 Å². The van der Waals surface area contributed by atoms with E-state index in [1.165, 1.54) is 0 Å². The molecule has 3 heteroatoms. The summed E-state index contributed by atoms with van der Waals surface area (Å²) < 4.78 is 0. The average Bonchev–Trinajstić information content (AvgIpc) is 2.48. The standard InChI is InChI=1S/C9H13NO2/c11-6-7-2-1-5-10-8(7)3-4-9(10)12/h6-8H,1-5H2/t7-,8-/m0/s1. The molecule has 1 amide bonds. The van der Waals surface area contributed by atoms with Crippen molar-refractivity contribution in [3.63, 3.8) is 0 Å². The molecule has 0 aliphatic carbocycles. The Kier molecular flexibility index (Phi) is 1.87. The van der Waals surface area contributed by atoms with E-state index in [-0.39, 0.29) is 17.9 Å². The molecule has 0 aromatic heterocycles. The monoisotopic (exact) mass is 167 g/mol. The molecule has 0 bridgehead atoms. The molecule has 0 saturated carbocycles. The van der Waals surface area contributed by atoms with Gasteiger partial charge in [0.05, 0.1) is 0 Å². The summed E-state index contributed by atoms with van der Waals surface area (Å²) in [5.74, 6) is 0.358. The van der Waals surface area contributed by atoms with Gasteiger partial charge in [-0.25, -0.2) is 0 Å². The van der Waals surface area contributed by atoms with Crippen LogP contribution in [0.5, 0.6) is 0 Å². The Hall–Kier alpha value is -0.860. The fourth-order valence-corrected chi connectivity index (χ4v) is 2.34. The summed E-state index contributed by atoms with van der Waals surface area (Å²) in [7, 11) is 0. The van der Waals surface area contributed by atoms with Gasteiger partial charge >= 0.3 is 0 Å². The molecule has 0 N–H and O–H groups in total. The predicted molar refractivity (Wildman–Crippen MR) is 43.5 cm³/mol. The summed E-state index contributed by atoms with van der Waals surface area (Å²) in [5, 5.41) is 0. The van der Waals surface area contributed by atoms with Crippen LogP contribution in [0.15, 0.2) is 0 Å². The first kappa shape index (κ1) is 7.77. The van der Waals surface area contributed by atoms with E-state index >= 15 is 0 Å². The van der Waals surface area contributed by atoms with Crippen molar-refractivity contribution in [3.8, 4) is 0 Å². The van der Waals surface area contributed by atoms with E-state index in [2.05, 4.69) is 0 Å². The molecule has 0 radical (unpaired) electrons. The Morgan fingerprint density at radius 2 is 2.25 bits per heavy atom. The number of fused-ring (bicyclic) bond motifs is 1. The molecule has 2 heterocycles. The van der Waals surface area contributed by atoms with Crippen molar-refractivity contribution in [3.05, 3.63) is 0 Å². The van der Waals surface area contributed by atoms with Crippen molar-refractivity contribution in [2.24, 2.45) is 5.92 Å². The summed E-state index contributed by atoms with van der Waals surface area (Å²) in [4.78, 5) is 23.8. The van der Waals surface area contributed by atoms with E-state index in [4.69, 9.17) is 0 Å². The fourth-order valence-electron chi connectivity index (χ4n) is 2.34. The summed E-state index contributed by atoms with van der Waals surface area (Å²) in [5.41, 5.74) is 0. The molecule has 0 spiro atoms. The molecule has 2 fully saturated rings. The van der Waals surface area contributed by atoms with Crippen LogP contribution in [0.1, 0.15) is 25.7 Å². The summed E-state index contributed by atoms with van der Waals surface area (Å²) in [6, 6.07) is 0.240. The molecule has 2 aliphatic rings. The summed E-state index contributed by atoms with van der Waals surface area (Å²) in [6.07, 6.45) is 4.52. The lowest BCUT2D eigenvalue weighted by atomic mass is 9.91. The Morgan fingerprint density at radius 1 is 1.42 bits per heavy atom. The summed E-state index contributed by atoms with van der Waals surface area (Å²) >= 11 is 0. The number of amides is 1. The molecule has 0 aromatic rings. The number of carbonyl (C=O) groups is 2. The second-order valence-corrected chi connectivity index (χ2v) is 3.64. The van der Waals surface area contributed by atoms with Crippen LogP contribution in [0.2, 0.25) is 0 Å². The number of carbonyl (C=O) groups excluding carboxylic acids is 2. The SMILES string of the molecule is O=C[C@@H]1CCCN2C(=O)CC[C@@H]12. The molecular weight excluding hydrogens is 154 g/mol. The van der Waals surface area contributed by atoms with Gasteiger partial charge in [-0.1, -0.05) is 0 Å². The van der Waals surface area contributed by atoms with Crippen LogP contribution in [0, 0.1) is 5.92 Å². The molecule has 12 heavy (non-hydrogen) atoms. The molecule has 0 aromatic carbocycles. The normalized spacial score (nSPS) is 35.0. The Labute approximate surface area is 71.7 Å². The van der Waals surface area contributed by atoms with Crippen LogP contribution in [0.4, 0.5) is 0 Å². The maximum Gasteiger partial charge on any atom is 0.222 e. The lowest BCUT2D eigenvalue weighted by Crippen LogP contribution is -2.43. The molecule has 66 valence electrons. The number of nitrogens with zero attached hydrogens (tertiary/aromatic N) is 1. The van der Waals surface area contributed by atoms with Gasteiger partial charge in [-0.2, -0.15) is 0 Å². The molecule has 2 aliphatic heterocycles. The van der Waals surface area contributed by atoms with Crippen LogP contribution >= 0.6 is 0 Å². The minimum Gasteiger partial charge on any atom is -0.339 e. The first-order valence-corrected chi connectivity index (χ1v) is 4.57. The zero-order valence-electron chi connectivity index (χ0n) is 7.03. The summed E-state index contributed by atoms with van der Waals surface area (Å²) in [6.45, 7) is 0.869. The quantitative estimate of drug-likeness (QED) is 0.536. The van der Waals surface area contributed by atoms with Gasteiger partial charge in [0, 0.05) is 24.9 Å². The zero-order chi connectivity index (χ0) is 8.55.